The van der Waals surface area contributed by atoms with Crippen molar-refractivity contribution in [1.82, 2.24) is 4.98 Å². The molecule has 0 amide bonds. The third kappa shape index (κ3) is 1.92. The van der Waals surface area contributed by atoms with E-state index in [0.29, 0.717) is 16.1 Å². The summed E-state index contributed by atoms with van der Waals surface area (Å²) in [5.41, 5.74) is 1.26. The maximum absolute atomic E-state index is 12.9. The molecule has 0 radical (unpaired) electrons. The number of nitrogens with zero attached hydrogens (tertiary/aromatic N) is 1. The van der Waals surface area contributed by atoms with Crippen LogP contribution >= 0.6 is 11.3 Å². The van der Waals surface area contributed by atoms with Gasteiger partial charge in [-0.3, -0.25) is 4.98 Å². The van der Waals surface area contributed by atoms with E-state index in [4.69, 9.17) is 4.74 Å². The minimum Gasteiger partial charge on any atom is -0.504 e. The molecule has 1 aromatic carbocycles. The lowest BCUT2D eigenvalue weighted by Crippen LogP contribution is -1.82. The predicted octanol–water partition coefficient (Wildman–Crippen LogP) is 3.82. The molecule has 1 N–H and O–H groups in total. The fraction of sp³-hybridized carbons (Fsp3) is 0.0714. The van der Waals surface area contributed by atoms with Crippen molar-refractivity contribution in [2.24, 2.45) is 0 Å². The van der Waals surface area contributed by atoms with Gasteiger partial charge in [-0.2, -0.15) is 0 Å². The molecular formula is C14H10FNO2S. The average molecular weight is 275 g/mol. The molecule has 5 heteroatoms. The van der Waals surface area contributed by atoms with Crippen molar-refractivity contribution in [1.29, 1.82) is 0 Å². The lowest BCUT2D eigenvalue weighted by Gasteiger charge is -1.98. The maximum atomic E-state index is 12.9. The summed E-state index contributed by atoms with van der Waals surface area (Å²) >= 11 is 1.37. The predicted molar refractivity (Wildman–Crippen MR) is 73.2 cm³/mol. The van der Waals surface area contributed by atoms with Gasteiger partial charge in [0.2, 0.25) is 0 Å². The summed E-state index contributed by atoms with van der Waals surface area (Å²) in [6, 6.07) is 7.73. The highest BCUT2D eigenvalue weighted by molar-refractivity contribution is 7.23. The molecular weight excluding hydrogens is 265 g/mol. The Kier molecular flexibility index (Phi) is 2.83. The molecule has 0 unspecified atom stereocenters. The molecule has 3 aromatic rings. The number of hydrogen-bond donors (Lipinski definition) is 1. The van der Waals surface area contributed by atoms with E-state index in [9.17, 15) is 9.50 Å². The summed E-state index contributed by atoms with van der Waals surface area (Å²) < 4.78 is 19.0. The summed E-state index contributed by atoms with van der Waals surface area (Å²) in [5.74, 6) is 0.462. The summed E-state index contributed by atoms with van der Waals surface area (Å²) in [7, 11) is 1.57. The third-order valence-corrected chi connectivity index (χ3v) is 4.07. The van der Waals surface area contributed by atoms with E-state index in [0.717, 1.165) is 10.3 Å². The molecule has 0 aliphatic carbocycles. The Morgan fingerprint density at radius 1 is 1.21 bits per heavy atom. The highest BCUT2D eigenvalue weighted by Gasteiger charge is 2.16. The zero-order valence-electron chi connectivity index (χ0n) is 10.1. The van der Waals surface area contributed by atoms with Gasteiger partial charge in [-0.25, -0.2) is 4.39 Å². The van der Waals surface area contributed by atoms with Crippen LogP contribution in [0.2, 0.25) is 0 Å². The molecule has 0 spiro atoms. The van der Waals surface area contributed by atoms with Crippen LogP contribution in [0.5, 0.6) is 11.5 Å². The van der Waals surface area contributed by atoms with Gasteiger partial charge in [-0.05, 0) is 23.8 Å². The molecule has 0 saturated heterocycles. The summed E-state index contributed by atoms with van der Waals surface area (Å²) in [6.45, 7) is 0. The molecule has 0 aliphatic heterocycles. The van der Waals surface area contributed by atoms with Crippen molar-refractivity contribution in [2.45, 2.75) is 0 Å². The molecule has 2 aromatic heterocycles. The van der Waals surface area contributed by atoms with Crippen LogP contribution in [-0.2, 0) is 0 Å². The summed E-state index contributed by atoms with van der Waals surface area (Å²) in [5, 5.41) is 10.2. The van der Waals surface area contributed by atoms with E-state index in [1.165, 1.54) is 23.5 Å². The Hall–Kier alpha value is -2.14. The van der Waals surface area contributed by atoms with Crippen LogP contribution in [0.25, 0.3) is 20.7 Å². The number of hydrogen-bond acceptors (Lipinski definition) is 4. The van der Waals surface area contributed by atoms with E-state index in [2.05, 4.69) is 4.98 Å². The van der Waals surface area contributed by atoms with Gasteiger partial charge < -0.3 is 9.84 Å². The molecule has 0 atom stereocenters. The van der Waals surface area contributed by atoms with Gasteiger partial charge in [0.25, 0.3) is 0 Å². The van der Waals surface area contributed by atoms with Gasteiger partial charge in [0.05, 0.1) is 16.7 Å². The van der Waals surface area contributed by atoms with Gasteiger partial charge in [0.15, 0.2) is 5.75 Å². The number of aromatic nitrogens is 1. The van der Waals surface area contributed by atoms with Gasteiger partial charge >= 0.3 is 0 Å². The minimum absolute atomic E-state index is 0.102. The zero-order chi connectivity index (χ0) is 13.4. The van der Waals surface area contributed by atoms with Crippen LogP contribution in [-0.4, -0.2) is 17.2 Å². The molecule has 0 aliphatic rings. The second-order valence-electron chi connectivity index (χ2n) is 3.98. The van der Waals surface area contributed by atoms with E-state index in [1.807, 2.05) is 0 Å². The molecule has 0 bridgehead atoms. The van der Waals surface area contributed by atoms with Crippen molar-refractivity contribution in [2.75, 3.05) is 7.11 Å². The van der Waals surface area contributed by atoms with Crippen molar-refractivity contribution >= 4 is 21.6 Å². The van der Waals surface area contributed by atoms with Crippen LogP contribution < -0.4 is 4.74 Å². The van der Waals surface area contributed by atoms with Crippen LogP contribution in [0.1, 0.15) is 0 Å². The van der Waals surface area contributed by atoms with Crippen LogP contribution in [0.3, 0.4) is 0 Å². The van der Waals surface area contributed by atoms with E-state index < -0.39 is 0 Å². The second-order valence-corrected chi connectivity index (χ2v) is 5.00. The van der Waals surface area contributed by atoms with Crippen molar-refractivity contribution in [3.63, 3.8) is 0 Å². The summed E-state index contributed by atoms with van der Waals surface area (Å²) in [4.78, 5) is 4.82. The first-order valence-corrected chi connectivity index (χ1v) is 6.42. The first kappa shape index (κ1) is 11.9. The number of thiophene rings is 1. The Morgan fingerprint density at radius 2 is 1.95 bits per heavy atom. The quantitative estimate of drug-likeness (QED) is 0.773. The number of methoxy groups -OCH3 is 1. The molecule has 3 rings (SSSR count). The Labute approximate surface area is 112 Å². The van der Waals surface area contributed by atoms with Crippen LogP contribution in [0.15, 0.2) is 36.5 Å². The fourth-order valence-electron chi connectivity index (χ4n) is 1.91. The zero-order valence-corrected chi connectivity index (χ0v) is 10.9. The van der Waals surface area contributed by atoms with Gasteiger partial charge in [-0.1, -0.05) is 12.1 Å². The maximum Gasteiger partial charge on any atom is 0.160 e. The van der Waals surface area contributed by atoms with E-state index >= 15 is 0 Å². The molecule has 96 valence electrons. The first-order chi connectivity index (χ1) is 9.20. The number of halogens is 1. The van der Waals surface area contributed by atoms with E-state index in [-0.39, 0.29) is 11.6 Å². The largest absolute Gasteiger partial charge is 0.504 e. The smallest absolute Gasteiger partial charge is 0.160 e. The lowest BCUT2D eigenvalue weighted by molar-refractivity contribution is 0.420. The topological polar surface area (TPSA) is 42.4 Å². The van der Waals surface area contributed by atoms with Gasteiger partial charge in [0, 0.05) is 6.20 Å². The monoisotopic (exact) mass is 275 g/mol. The van der Waals surface area contributed by atoms with Gasteiger partial charge in [-0.15, -0.1) is 11.3 Å². The van der Waals surface area contributed by atoms with Crippen molar-refractivity contribution in [3.8, 4) is 21.9 Å². The number of aromatic hydroxyl groups is 1. The summed E-state index contributed by atoms with van der Waals surface area (Å²) in [6.07, 6.45) is 1.59. The van der Waals surface area contributed by atoms with Crippen LogP contribution in [0, 0.1) is 5.82 Å². The normalized spacial score (nSPS) is 10.8. The Morgan fingerprint density at radius 3 is 2.63 bits per heavy atom. The third-order valence-electron chi connectivity index (χ3n) is 2.84. The fourth-order valence-corrected chi connectivity index (χ4v) is 3.06. The average Bonchev–Trinajstić information content (AvgIpc) is 2.77. The molecule has 2 heterocycles. The number of fused-ring (bicyclic) bond motifs is 1. The Bertz CT molecular complexity index is 737. The Balaban J connectivity index is 2.25. The van der Waals surface area contributed by atoms with Gasteiger partial charge in [0.1, 0.15) is 17.1 Å². The molecule has 0 saturated carbocycles. The number of ether oxygens (including phenoxy) is 1. The SMILES string of the molecule is COc1ccnc2c(O)c(-c3ccc(F)cc3)sc12. The number of benzene rings is 1. The van der Waals surface area contributed by atoms with E-state index in [1.54, 1.807) is 31.5 Å². The molecule has 3 nitrogen and oxygen atoms in total. The first-order valence-electron chi connectivity index (χ1n) is 5.61. The second kappa shape index (κ2) is 4.51. The lowest BCUT2D eigenvalue weighted by atomic mass is 10.1. The highest BCUT2D eigenvalue weighted by atomic mass is 32.1. The highest BCUT2D eigenvalue weighted by Crippen LogP contribution is 2.45. The number of pyridine rings is 1. The standard InChI is InChI=1S/C14H10FNO2S/c1-18-10-6-7-16-11-12(17)13(19-14(10)11)8-2-4-9(15)5-3-8/h2-7,17H,1H3. The number of rotatable bonds is 2. The van der Waals surface area contributed by atoms with Crippen molar-refractivity contribution < 1.29 is 14.2 Å². The molecule has 0 fully saturated rings. The molecule has 19 heavy (non-hydrogen) atoms. The van der Waals surface area contributed by atoms with Crippen LogP contribution in [0.4, 0.5) is 4.39 Å². The minimum atomic E-state index is -0.306. The van der Waals surface area contributed by atoms with Crippen molar-refractivity contribution in [3.05, 3.63) is 42.3 Å².